The lowest BCUT2D eigenvalue weighted by Gasteiger charge is -2.17. The van der Waals surface area contributed by atoms with E-state index in [1.165, 1.54) is 6.07 Å². The van der Waals surface area contributed by atoms with Gasteiger partial charge in [0.25, 0.3) is 0 Å². The first-order chi connectivity index (χ1) is 9.46. The summed E-state index contributed by atoms with van der Waals surface area (Å²) in [5.74, 6) is -0.587. The lowest BCUT2D eigenvalue weighted by atomic mass is 10.0. The number of fused-ring (bicyclic) bond motifs is 1. The zero-order chi connectivity index (χ0) is 14.5. The third-order valence-corrected chi connectivity index (χ3v) is 4.55. The van der Waals surface area contributed by atoms with Crippen molar-refractivity contribution in [2.75, 3.05) is 0 Å². The van der Waals surface area contributed by atoms with E-state index in [0.717, 1.165) is 31.9 Å². The fourth-order valence-electron chi connectivity index (χ4n) is 2.77. The minimum absolute atomic E-state index is 0.209. The van der Waals surface area contributed by atoms with E-state index < -0.39 is 11.6 Å². The zero-order valence-corrected chi connectivity index (χ0v) is 12.3. The van der Waals surface area contributed by atoms with Crippen LogP contribution in [0.2, 0.25) is 0 Å². The van der Waals surface area contributed by atoms with Crippen molar-refractivity contribution < 1.29 is 8.78 Å². The standard InChI is InChI=1S/C15H17ClF2N2/c1-3-15(4-5-15)8-20-12-7-10(17)6-11(18)13(12)19-14(20)9(2)16/h6-7,9H,3-5,8H2,1-2H3. The van der Waals surface area contributed by atoms with Crippen LogP contribution in [0.3, 0.4) is 0 Å². The van der Waals surface area contributed by atoms with Gasteiger partial charge in [-0.15, -0.1) is 11.6 Å². The molecular formula is C15H17ClF2N2. The predicted octanol–water partition coefficient (Wildman–Crippen LogP) is 4.80. The van der Waals surface area contributed by atoms with E-state index in [9.17, 15) is 8.78 Å². The maximum absolute atomic E-state index is 13.9. The van der Waals surface area contributed by atoms with E-state index in [2.05, 4.69) is 11.9 Å². The van der Waals surface area contributed by atoms with Crippen molar-refractivity contribution in [3.05, 3.63) is 29.6 Å². The van der Waals surface area contributed by atoms with E-state index in [1.54, 1.807) is 6.92 Å². The molecular weight excluding hydrogens is 282 g/mol. The Bertz CT molecular complexity index is 659. The molecule has 1 aromatic heterocycles. The number of imidazole rings is 1. The Balaban J connectivity index is 2.18. The van der Waals surface area contributed by atoms with Crippen LogP contribution in [0.5, 0.6) is 0 Å². The summed E-state index contributed by atoms with van der Waals surface area (Å²) in [4.78, 5) is 4.29. The van der Waals surface area contributed by atoms with Crippen molar-refractivity contribution in [3.8, 4) is 0 Å². The van der Waals surface area contributed by atoms with Crippen molar-refractivity contribution in [1.29, 1.82) is 0 Å². The number of nitrogens with zero attached hydrogens (tertiary/aromatic N) is 2. The summed E-state index contributed by atoms with van der Waals surface area (Å²) in [5, 5.41) is -0.336. The van der Waals surface area contributed by atoms with Crippen molar-refractivity contribution in [1.82, 2.24) is 9.55 Å². The molecule has 1 aromatic carbocycles. The molecule has 1 heterocycles. The molecule has 1 saturated carbocycles. The summed E-state index contributed by atoms with van der Waals surface area (Å²) in [6.45, 7) is 4.69. The number of benzene rings is 1. The van der Waals surface area contributed by atoms with Crippen LogP contribution < -0.4 is 0 Å². The molecule has 0 aliphatic heterocycles. The Labute approximate surface area is 121 Å². The minimum Gasteiger partial charge on any atom is -0.326 e. The van der Waals surface area contributed by atoms with Crippen molar-refractivity contribution in [2.24, 2.45) is 5.41 Å². The molecule has 0 saturated heterocycles. The Kier molecular flexibility index (Phi) is 3.24. The quantitative estimate of drug-likeness (QED) is 0.741. The summed E-state index contributed by atoms with van der Waals surface area (Å²) >= 11 is 6.16. The van der Waals surface area contributed by atoms with Gasteiger partial charge in [-0.3, -0.25) is 0 Å². The molecule has 3 rings (SSSR count). The van der Waals surface area contributed by atoms with Gasteiger partial charge in [0.2, 0.25) is 0 Å². The van der Waals surface area contributed by atoms with Crippen molar-refractivity contribution >= 4 is 22.6 Å². The summed E-state index contributed by atoms with van der Waals surface area (Å²) in [5.41, 5.74) is 0.960. The highest BCUT2D eigenvalue weighted by Crippen LogP contribution is 2.50. The van der Waals surface area contributed by atoms with Gasteiger partial charge >= 0.3 is 0 Å². The van der Waals surface area contributed by atoms with Gasteiger partial charge in [0.05, 0.1) is 10.9 Å². The van der Waals surface area contributed by atoms with Gasteiger partial charge in [-0.2, -0.15) is 0 Å². The Morgan fingerprint density at radius 3 is 2.65 bits per heavy atom. The maximum atomic E-state index is 13.9. The normalized spacial score (nSPS) is 18.4. The van der Waals surface area contributed by atoms with Gasteiger partial charge in [-0.05, 0) is 37.7 Å². The van der Waals surface area contributed by atoms with Crippen LogP contribution in [0.15, 0.2) is 12.1 Å². The Morgan fingerprint density at radius 2 is 2.10 bits per heavy atom. The first-order valence-corrected chi connectivity index (χ1v) is 7.39. The summed E-state index contributed by atoms with van der Waals surface area (Å²) < 4.78 is 29.3. The van der Waals surface area contributed by atoms with E-state index in [-0.39, 0.29) is 16.3 Å². The highest BCUT2D eigenvalue weighted by molar-refractivity contribution is 6.20. The van der Waals surface area contributed by atoms with Crippen LogP contribution >= 0.6 is 11.6 Å². The number of alkyl halides is 1. The third kappa shape index (κ3) is 2.20. The molecule has 2 aromatic rings. The van der Waals surface area contributed by atoms with Gasteiger partial charge in [0, 0.05) is 12.6 Å². The lowest BCUT2D eigenvalue weighted by molar-refractivity contribution is 0.407. The second kappa shape index (κ2) is 4.69. The number of hydrogen-bond donors (Lipinski definition) is 0. The minimum atomic E-state index is -0.626. The number of aromatic nitrogens is 2. The Hall–Kier alpha value is -1.16. The first-order valence-electron chi connectivity index (χ1n) is 6.95. The molecule has 1 fully saturated rings. The molecule has 0 N–H and O–H groups in total. The molecule has 2 nitrogen and oxygen atoms in total. The maximum Gasteiger partial charge on any atom is 0.153 e. The highest BCUT2D eigenvalue weighted by Gasteiger charge is 2.41. The molecule has 0 radical (unpaired) electrons. The molecule has 0 bridgehead atoms. The Morgan fingerprint density at radius 1 is 1.40 bits per heavy atom. The summed E-state index contributed by atoms with van der Waals surface area (Å²) in [6.07, 6.45) is 3.36. The number of rotatable bonds is 4. The van der Waals surface area contributed by atoms with Crippen LogP contribution in [0.25, 0.3) is 11.0 Å². The van der Waals surface area contributed by atoms with E-state index in [1.807, 2.05) is 4.57 Å². The molecule has 1 atom stereocenters. The largest absolute Gasteiger partial charge is 0.326 e. The average Bonchev–Trinajstić information content (AvgIpc) is 3.06. The van der Waals surface area contributed by atoms with Crippen LogP contribution in [0.4, 0.5) is 8.78 Å². The van der Waals surface area contributed by atoms with Crippen LogP contribution in [-0.4, -0.2) is 9.55 Å². The summed E-state index contributed by atoms with van der Waals surface area (Å²) in [7, 11) is 0. The van der Waals surface area contributed by atoms with Gasteiger partial charge in [-0.1, -0.05) is 6.92 Å². The molecule has 5 heteroatoms. The monoisotopic (exact) mass is 298 g/mol. The zero-order valence-electron chi connectivity index (χ0n) is 11.6. The lowest BCUT2D eigenvalue weighted by Crippen LogP contribution is -2.14. The highest BCUT2D eigenvalue weighted by atomic mass is 35.5. The van der Waals surface area contributed by atoms with Crippen LogP contribution in [0, 0.1) is 17.0 Å². The summed E-state index contributed by atoms with van der Waals surface area (Å²) in [6, 6.07) is 2.22. The topological polar surface area (TPSA) is 17.8 Å². The van der Waals surface area contributed by atoms with Gasteiger partial charge in [0.15, 0.2) is 5.82 Å². The number of halogens is 3. The van der Waals surface area contributed by atoms with E-state index in [4.69, 9.17) is 11.6 Å². The smallest absolute Gasteiger partial charge is 0.153 e. The molecule has 0 amide bonds. The molecule has 1 aliphatic carbocycles. The molecule has 108 valence electrons. The molecule has 1 unspecified atom stereocenters. The second-order valence-electron chi connectivity index (χ2n) is 5.78. The van der Waals surface area contributed by atoms with Crippen LogP contribution in [0.1, 0.15) is 44.3 Å². The predicted molar refractivity (Wildman–Crippen MR) is 75.9 cm³/mol. The fraction of sp³-hybridized carbons (Fsp3) is 0.533. The molecule has 20 heavy (non-hydrogen) atoms. The first kappa shape index (κ1) is 13.8. The fourth-order valence-corrected chi connectivity index (χ4v) is 2.94. The van der Waals surface area contributed by atoms with Gasteiger partial charge in [0.1, 0.15) is 17.2 Å². The number of hydrogen-bond acceptors (Lipinski definition) is 1. The van der Waals surface area contributed by atoms with E-state index >= 15 is 0 Å². The van der Waals surface area contributed by atoms with E-state index in [0.29, 0.717) is 11.3 Å². The third-order valence-electron chi connectivity index (χ3n) is 4.36. The van der Waals surface area contributed by atoms with Gasteiger partial charge < -0.3 is 4.57 Å². The second-order valence-corrected chi connectivity index (χ2v) is 6.44. The SMILES string of the molecule is CCC1(Cn2c(C(C)Cl)nc3c(F)cc(F)cc32)CC1. The van der Waals surface area contributed by atoms with Crippen molar-refractivity contribution in [2.45, 2.75) is 45.0 Å². The van der Waals surface area contributed by atoms with Crippen LogP contribution in [-0.2, 0) is 6.54 Å². The molecule has 1 aliphatic rings. The van der Waals surface area contributed by atoms with Crippen molar-refractivity contribution in [3.63, 3.8) is 0 Å². The van der Waals surface area contributed by atoms with Gasteiger partial charge in [-0.25, -0.2) is 13.8 Å². The molecule has 0 spiro atoms. The average molecular weight is 299 g/mol.